The maximum Gasteiger partial charge on any atom is 0.326 e. The second kappa shape index (κ2) is 7.42. The Labute approximate surface area is 139 Å². The molecule has 0 aliphatic carbocycles. The van der Waals surface area contributed by atoms with Gasteiger partial charge in [0.25, 0.3) is 5.56 Å². The molecule has 1 atom stereocenters. The molecule has 2 heterocycles. The van der Waals surface area contributed by atoms with Gasteiger partial charge in [0, 0.05) is 25.8 Å². The molecule has 1 saturated heterocycles. The number of likely N-dealkylation sites (tertiary alicyclic amines) is 1. The molecule has 1 N–H and O–H groups in total. The van der Waals surface area contributed by atoms with Gasteiger partial charge in [-0.05, 0) is 36.8 Å². The highest BCUT2D eigenvalue weighted by atomic mass is 19.1. The summed E-state index contributed by atoms with van der Waals surface area (Å²) in [6, 6.07) is -1.09. The molecular weight excluding hydrogens is 318 g/mol. The Balaban J connectivity index is 2.30. The van der Waals surface area contributed by atoms with Crippen molar-refractivity contribution in [2.75, 3.05) is 19.6 Å². The van der Waals surface area contributed by atoms with Gasteiger partial charge in [0.05, 0.1) is 0 Å². The molecule has 0 aromatic carbocycles. The number of nitrogens with zero attached hydrogens (tertiary/aromatic N) is 2. The average molecular weight is 342 g/mol. The first-order chi connectivity index (χ1) is 11.2. The Bertz CT molecular complexity index is 667. The van der Waals surface area contributed by atoms with Crippen LogP contribution in [0.25, 0.3) is 0 Å². The summed E-state index contributed by atoms with van der Waals surface area (Å²) in [5, 5.41) is 9.41. The monoisotopic (exact) mass is 342 g/mol. The van der Waals surface area contributed by atoms with Crippen LogP contribution in [0.15, 0.2) is 11.0 Å². The van der Waals surface area contributed by atoms with Crippen LogP contribution >= 0.6 is 0 Å². The summed E-state index contributed by atoms with van der Waals surface area (Å²) in [6.45, 7) is 6.51. The highest BCUT2D eigenvalue weighted by Crippen LogP contribution is 2.20. The van der Waals surface area contributed by atoms with E-state index < -0.39 is 29.6 Å². The Hall–Kier alpha value is -1.76. The minimum Gasteiger partial charge on any atom is -0.480 e. The van der Waals surface area contributed by atoms with Crippen molar-refractivity contribution in [3.63, 3.8) is 0 Å². The predicted octanol–water partition coefficient (Wildman–Crippen LogP) is 2.16. The first-order valence-corrected chi connectivity index (χ1v) is 8.20. The van der Waals surface area contributed by atoms with Crippen molar-refractivity contribution in [2.45, 2.75) is 45.8 Å². The molecule has 0 amide bonds. The van der Waals surface area contributed by atoms with Crippen molar-refractivity contribution >= 4 is 5.97 Å². The number of carbonyl (C=O) groups is 1. The summed E-state index contributed by atoms with van der Waals surface area (Å²) in [7, 11) is 0. The lowest BCUT2D eigenvalue weighted by Gasteiger charge is -2.34. The van der Waals surface area contributed by atoms with Gasteiger partial charge in [-0.2, -0.15) is 0 Å². The number of alkyl halides is 1. The lowest BCUT2D eigenvalue weighted by atomic mass is 10.0. The summed E-state index contributed by atoms with van der Waals surface area (Å²) in [6.07, 6.45) is 1.34. The Morgan fingerprint density at radius 1 is 1.42 bits per heavy atom. The standard InChI is InChI=1S/C17H24F2N2O3/c1-10(2)6-14(17(23)24)21-7-12(11(3)15(19)16(21)22)4-5-20-8-13(18)9-20/h7,10,13-14H,4-6,8-9H2,1-3H3,(H,23,24). The van der Waals surface area contributed by atoms with Crippen molar-refractivity contribution in [1.82, 2.24) is 9.47 Å². The molecule has 7 heteroatoms. The zero-order valence-corrected chi connectivity index (χ0v) is 14.3. The lowest BCUT2D eigenvalue weighted by Crippen LogP contribution is -2.49. The predicted molar refractivity (Wildman–Crippen MR) is 86.6 cm³/mol. The van der Waals surface area contributed by atoms with E-state index in [4.69, 9.17) is 0 Å². The quantitative estimate of drug-likeness (QED) is 0.825. The minimum atomic E-state index is -1.15. The number of hydrogen-bond donors (Lipinski definition) is 1. The lowest BCUT2D eigenvalue weighted by molar-refractivity contribution is -0.141. The molecule has 0 radical (unpaired) electrons. The third-order valence-electron chi connectivity index (χ3n) is 4.45. The van der Waals surface area contributed by atoms with Crippen molar-refractivity contribution in [3.05, 3.63) is 33.5 Å². The second-order valence-electron chi connectivity index (χ2n) is 6.90. The molecule has 5 nitrogen and oxygen atoms in total. The zero-order valence-electron chi connectivity index (χ0n) is 14.3. The molecule has 1 unspecified atom stereocenters. The summed E-state index contributed by atoms with van der Waals surface area (Å²) < 4.78 is 28.1. The third kappa shape index (κ3) is 4.01. The van der Waals surface area contributed by atoms with E-state index in [0.717, 1.165) is 4.57 Å². The maximum absolute atomic E-state index is 14.3. The van der Waals surface area contributed by atoms with Crippen molar-refractivity contribution < 1.29 is 18.7 Å². The molecule has 1 aliphatic heterocycles. The molecular formula is C17H24F2N2O3. The van der Waals surface area contributed by atoms with E-state index in [1.165, 1.54) is 13.1 Å². The largest absolute Gasteiger partial charge is 0.480 e. The normalized spacial score (nSPS) is 17.1. The number of aliphatic carboxylic acids is 1. The van der Waals surface area contributed by atoms with Crippen molar-refractivity contribution in [2.24, 2.45) is 5.92 Å². The van der Waals surface area contributed by atoms with Gasteiger partial charge in [-0.25, -0.2) is 13.6 Å². The zero-order chi connectivity index (χ0) is 18.0. The summed E-state index contributed by atoms with van der Waals surface area (Å²) in [5.41, 5.74) is -0.0799. The van der Waals surface area contributed by atoms with Crippen LogP contribution in [-0.2, 0) is 11.2 Å². The fourth-order valence-corrected chi connectivity index (χ4v) is 2.97. The van der Waals surface area contributed by atoms with Gasteiger partial charge >= 0.3 is 5.97 Å². The molecule has 1 aromatic heterocycles. The highest BCUT2D eigenvalue weighted by molar-refractivity contribution is 5.71. The molecule has 1 fully saturated rings. The average Bonchev–Trinajstić information content (AvgIpc) is 2.47. The SMILES string of the molecule is Cc1c(CCN2CC(F)C2)cn(C(CC(C)C)C(=O)O)c(=O)c1F. The topological polar surface area (TPSA) is 62.5 Å². The summed E-state index contributed by atoms with van der Waals surface area (Å²) in [5.74, 6) is -2.01. The number of rotatable bonds is 7. The van der Waals surface area contributed by atoms with Crippen LogP contribution in [0.2, 0.25) is 0 Å². The van der Waals surface area contributed by atoms with Gasteiger partial charge in [0.15, 0.2) is 5.82 Å². The van der Waals surface area contributed by atoms with E-state index in [0.29, 0.717) is 31.6 Å². The number of halogens is 2. The summed E-state index contributed by atoms with van der Waals surface area (Å²) >= 11 is 0. The van der Waals surface area contributed by atoms with E-state index in [-0.39, 0.29) is 17.9 Å². The van der Waals surface area contributed by atoms with Crippen LogP contribution in [0, 0.1) is 18.7 Å². The molecule has 134 valence electrons. The van der Waals surface area contributed by atoms with Gasteiger partial charge in [-0.1, -0.05) is 13.8 Å². The Morgan fingerprint density at radius 3 is 2.54 bits per heavy atom. The first kappa shape index (κ1) is 18.6. The van der Waals surface area contributed by atoms with Gasteiger partial charge in [0.1, 0.15) is 12.2 Å². The van der Waals surface area contributed by atoms with Crippen molar-refractivity contribution in [3.8, 4) is 0 Å². The van der Waals surface area contributed by atoms with Crippen LogP contribution < -0.4 is 5.56 Å². The first-order valence-electron chi connectivity index (χ1n) is 8.20. The fourth-order valence-electron chi connectivity index (χ4n) is 2.97. The van der Waals surface area contributed by atoms with Crippen LogP contribution in [0.1, 0.15) is 37.4 Å². The Morgan fingerprint density at radius 2 is 2.04 bits per heavy atom. The minimum absolute atomic E-state index is 0.0494. The summed E-state index contributed by atoms with van der Waals surface area (Å²) in [4.78, 5) is 25.6. The van der Waals surface area contributed by atoms with Gasteiger partial charge < -0.3 is 5.11 Å². The van der Waals surface area contributed by atoms with E-state index in [1.807, 2.05) is 18.7 Å². The molecule has 1 aliphatic rings. The second-order valence-corrected chi connectivity index (χ2v) is 6.90. The number of carboxylic acid groups (broad SMARTS) is 1. The van der Waals surface area contributed by atoms with Crippen molar-refractivity contribution in [1.29, 1.82) is 0 Å². The smallest absolute Gasteiger partial charge is 0.326 e. The maximum atomic E-state index is 14.3. The molecule has 24 heavy (non-hydrogen) atoms. The van der Waals surface area contributed by atoms with Crippen LogP contribution in [-0.4, -0.2) is 46.3 Å². The van der Waals surface area contributed by atoms with Crippen LogP contribution in [0.4, 0.5) is 8.78 Å². The fraction of sp³-hybridized carbons (Fsp3) is 0.647. The highest BCUT2D eigenvalue weighted by Gasteiger charge is 2.27. The van der Waals surface area contributed by atoms with Gasteiger partial charge in [-0.15, -0.1) is 0 Å². The molecule has 0 bridgehead atoms. The van der Waals surface area contributed by atoms with Crippen LogP contribution in [0.5, 0.6) is 0 Å². The Kier molecular flexibility index (Phi) is 5.74. The number of hydrogen-bond acceptors (Lipinski definition) is 3. The molecule has 0 spiro atoms. The van der Waals surface area contributed by atoms with E-state index >= 15 is 0 Å². The van der Waals surface area contributed by atoms with Crippen LogP contribution in [0.3, 0.4) is 0 Å². The number of carboxylic acids is 1. The molecule has 2 rings (SSSR count). The number of pyridine rings is 1. The van der Waals surface area contributed by atoms with E-state index in [1.54, 1.807) is 0 Å². The van der Waals surface area contributed by atoms with Gasteiger partial charge in [-0.3, -0.25) is 14.3 Å². The van der Waals surface area contributed by atoms with E-state index in [2.05, 4.69) is 0 Å². The van der Waals surface area contributed by atoms with Gasteiger partial charge in [0.2, 0.25) is 0 Å². The third-order valence-corrected chi connectivity index (χ3v) is 4.45. The number of aromatic nitrogens is 1. The molecule has 1 aromatic rings. The van der Waals surface area contributed by atoms with E-state index in [9.17, 15) is 23.5 Å². The molecule has 0 saturated carbocycles.